The van der Waals surface area contributed by atoms with Crippen LogP contribution in [0.2, 0.25) is 0 Å². The van der Waals surface area contributed by atoms with Crippen molar-refractivity contribution in [1.29, 1.82) is 0 Å². The van der Waals surface area contributed by atoms with Crippen LogP contribution >= 0.6 is 0 Å². The van der Waals surface area contributed by atoms with Gasteiger partial charge in [0, 0.05) is 56.6 Å². The van der Waals surface area contributed by atoms with E-state index in [0.29, 0.717) is 25.0 Å². The van der Waals surface area contributed by atoms with Crippen molar-refractivity contribution < 1.29 is 9.18 Å². The Morgan fingerprint density at radius 3 is 2.62 bits per heavy atom. The van der Waals surface area contributed by atoms with Gasteiger partial charge in [-0.05, 0) is 68.2 Å². The van der Waals surface area contributed by atoms with Gasteiger partial charge in [-0.15, -0.1) is 0 Å². The maximum atomic E-state index is 13.1. The molecular formula is C26H33FN4O. The van der Waals surface area contributed by atoms with Gasteiger partial charge >= 0.3 is 0 Å². The van der Waals surface area contributed by atoms with Crippen molar-refractivity contribution in [2.45, 2.75) is 31.2 Å². The first-order valence-electron chi connectivity index (χ1n) is 11.8. The summed E-state index contributed by atoms with van der Waals surface area (Å²) in [4.78, 5) is 22.1. The second-order valence-electron chi connectivity index (χ2n) is 9.63. The fourth-order valence-corrected chi connectivity index (χ4v) is 5.71. The highest BCUT2D eigenvalue weighted by molar-refractivity contribution is 5.96. The lowest BCUT2D eigenvalue weighted by atomic mass is 9.93. The monoisotopic (exact) mass is 436 g/mol. The average molecular weight is 437 g/mol. The number of carbonyl (C=O) groups is 1. The van der Waals surface area contributed by atoms with Gasteiger partial charge < -0.3 is 14.7 Å². The summed E-state index contributed by atoms with van der Waals surface area (Å²) in [6, 6.07) is 13.8. The Morgan fingerprint density at radius 1 is 1.03 bits per heavy atom. The second kappa shape index (κ2) is 8.83. The quantitative estimate of drug-likeness (QED) is 0.736. The Morgan fingerprint density at radius 2 is 1.84 bits per heavy atom. The van der Waals surface area contributed by atoms with Crippen LogP contribution in [0.4, 0.5) is 15.8 Å². The minimum atomic E-state index is -0.209. The van der Waals surface area contributed by atoms with Gasteiger partial charge in [0.15, 0.2) is 0 Å². The first kappa shape index (κ1) is 21.4. The number of amides is 1. The standard InChI is InChI=1S/C26H33FN4O/c1-28-12-3-4-24-23(17-28)22-10-9-21(16-25(22)29(24)2)31-15-14-30(18-26(31)32)13-11-19-5-7-20(27)8-6-19/h5-10,16,23-24H,3-4,11-15,17-18H2,1-2H3. The fourth-order valence-electron chi connectivity index (χ4n) is 5.71. The Hall–Kier alpha value is -2.44. The van der Waals surface area contributed by atoms with E-state index >= 15 is 0 Å². The summed E-state index contributed by atoms with van der Waals surface area (Å²) in [6.45, 7) is 5.09. The van der Waals surface area contributed by atoms with Gasteiger partial charge in [0.2, 0.25) is 5.91 Å². The molecule has 0 aromatic heterocycles. The van der Waals surface area contributed by atoms with E-state index in [-0.39, 0.29) is 11.7 Å². The van der Waals surface area contributed by atoms with E-state index in [1.807, 2.05) is 17.0 Å². The molecule has 0 radical (unpaired) electrons. The molecule has 3 aliphatic heterocycles. The molecule has 5 rings (SSSR count). The molecule has 170 valence electrons. The fraction of sp³-hybridized carbons (Fsp3) is 0.500. The van der Waals surface area contributed by atoms with E-state index in [4.69, 9.17) is 0 Å². The molecular weight excluding hydrogens is 403 g/mol. The van der Waals surface area contributed by atoms with Crippen molar-refractivity contribution in [1.82, 2.24) is 9.80 Å². The van der Waals surface area contributed by atoms with Crippen molar-refractivity contribution in [3.8, 4) is 0 Å². The molecule has 5 nitrogen and oxygen atoms in total. The minimum absolute atomic E-state index is 0.157. The van der Waals surface area contributed by atoms with Crippen LogP contribution in [-0.2, 0) is 11.2 Å². The molecule has 3 aliphatic rings. The second-order valence-corrected chi connectivity index (χ2v) is 9.63. The summed E-state index contributed by atoms with van der Waals surface area (Å²) in [5, 5.41) is 0. The third kappa shape index (κ3) is 4.14. The lowest BCUT2D eigenvalue weighted by Gasteiger charge is -2.34. The minimum Gasteiger partial charge on any atom is -0.371 e. The summed E-state index contributed by atoms with van der Waals surface area (Å²) in [5.41, 5.74) is 4.84. The average Bonchev–Trinajstić information content (AvgIpc) is 2.92. The summed E-state index contributed by atoms with van der Waals surface area (Å²) >= 11 is 0. The first-order chi connectivity index (χ1) is 15.5. The number of hydrogen-bond donors (Lipinski definition) is 0. The highest BCUT2D eigenvalue weighted by Gasteiger charge is 2.38. The van der Waals surface area contributed by atoms with Gasteiger partial charge in [-0.25, -0.2) is 4.39 Å². The number of benzene rings is 2. The molecule has 0 aliphatic carbocycles. The van der Waals surface area contributed by atoms with Crippen LogP contribution in [0.5, 0.6) is 0 Å². The summed E-state index contributed by atoms with van der Waals surface area (Å²) in [7, 11) is 4.44. The van der Waals surface area contributed by atoms with Gasteiger partial charge in [0.1, 0.15) is 5.82 Å². The first-order valence-corrected chi connectivity index (χ1v) is 11.8. The number of carbonyl (C=O) groups excluding carboxylic acids is 1. The zero-order chi connectivity index (χ0) is 22.2. The van der Waals surface area contributed by atoms with E-state index in [9.17, 15) is 9.18 Å². The predicted molar refractivity (Wildman–Crippen MR) is 127 cm³/mol. The molecule has 2 aromatic carbocycles. The van der Waals surface area contributed by atoms with Gasteiger partial charge in [-0.1, -0.05) is 18.2 Å². The lowest BCUT2D eigenvalue weighted by Crippen LogP contribution is -2.51. The van der Waals surface area contributed by atoms with Gasteiger partial charge in [-0.3, -0.25) is 9.69 Å². The molecule has 32 heavy (non-hydrogen) atoms. The smallest absolute Gasteiger partial charge is 0.241 e. The van der Waals surface area contributed by atoms with Gasteiger partial charge in [0.05, 0.1) is 6.54 Å². The zero-order valence-corrected chi connectivity index (χ0v) is 19.1. The molecule has 3 heterocycles. The molecule has 0 bridgehead atoms. The number of nitrogens with zero attached hydrogens (tertiary/aromatic N) is 4. The third-order valence-electron chi connectivity index (χ3n) is 7.54. The molecule has 2 aromatic rings. The maximum Gasteiger partial charge on any atom is 0.241 e. The predicted octanol–water partition coefficient (Wildman–Crippen LogP) is 3.34. The highest BCUT2D eigenvalue weighted by atomic mass is 19.1. The van der Waals surface area contributed by atoms with Crippen molar-refractivity contribution in [2.75, 3.05) is 63.2 Å². The van der Waals surface area contributed by atoms with Crippen molar-refractivity contribution in [3.63, 3.8) is 0 Å². The normalized spacial score (nSPS) is 24.4. The number of likely N-dealkylation sites (tertiary alicyclic amines) is 1. The van der Waals surface area contributed by atoms with Crippen molar-refractivity contribution in [2.24, 2.45) is 0 Å². The van der Waals surface area contributed by atoms with E-state index in [0.717, 1.165) is 37.3 Å². The number of likely N-dealkylation sites (N-methyl/N-ethyl adjacent to an activating group) is 2. The number of rotatable bonds is 4. The molecule has 1 amide bonds. The highest BCUT2D eigenvalue weighted by Crippen LogP contribution is 2.44. The van der Waals surface area contributed by atoms with Crippen molar-refractivity contribution in [3.05, 3.63) is 59.4 Å². The van der Waals surface area contributed by atoms with Crippen LogP contribution in [0.15, 0.2) is 42.5 Å². The molecule has 2 unspecified atom stereocenters. The van der Waals surface area contributed by atoms with Crippen LogP contribution in [-0.4, -0.2) is 75.1 Å². The van der Waals surface area contributed by atoms with Crippen LogP contribution in [0.3, 0.4) is 0 Å². The summed E-state index contributed by atoms with van der Waals surface area (Å²) in [5.74, 6) is 0.500. The SMILES string of the molecule is CN1CCCC2C(C1)c1ccc(N3CCN(CCc4ccc(F)cc4)CC3=O)cc1N2C. The van der Waals surface area contributed by atoms with E-state index in [2.05, 4.69) is 47.0 Å². The Kier molecular flexibility index (Phi) is 5.91. The van der Waals surface area contributed by atoms with E-state index in [1.54, 1.807) is 0 Å². The van der Waals surface area contributed by atoms with Gasteiger partial charge in [0.25, 0.3) is 0 Å². The summed E-state index contributed by atoms with van der Waals surface area (Å²) in [6.07, 6.45) is 3.29. The third-order valence-corrected chi connectivity index (χ3v) is 7.54. The zero-order valence-electron chi connectivity index (χ0n) is 19.1. The molecule has 2 saturated heterocycles. The molecule has 0 spiro atoms. The van der Waals surface area contributed by atoms with E-state index in [1.165, 1.54) is 42.8 Å². The number of fused-ring (bicyclic) bond motifs is 3. The topological polar surface area (TPSA) is 30.0 Å². The molecule has 2 atom stereocenters. The number of hydrogen-bond acceptors (Lipinski definition) is 4. The van der Waals surface area contributed by atoms with Crippen LogP contribution < -0.4 is 9.80 Å². The number of halogens is 1. The number of anilines is 2. The van der Waals surface area contributed by atoms with Gasteiger partial charge in [-0.2, -0.15) is 0 Å². The lowest BCUT2D eigenvalue weighted by molar-refractivity contribution is -0.121. The summed E-state index contributed by atoms with van der Waals surface area (Å²) < 4.78 is 13.1. The van der Waals surface area contributed by atoms with E-state index < -0.39 is 0 Å². The molecule has 6 heteroatoms. The van der Waals surface area contributed by atoms with Crippen LogP contribution in [0.1, 0.15) is 29.9 Å². The molecule has 2 fully saturated rings. The Bertz CT molecular complexity index is 978. The Labute approximate surface area is 190 Å². The molecule has 0 N–H and O–H groups in total. The van der Waals surface area contributed by atoms with Crippen LogP contribution in [0.25, 0.3) is 0 Å². The van der Waals surface area contributed by atoms with Crippen LogP contribution in [0, 0.1) is 5.82 Å². The van der Waals surface area contributed by atoms with Crippen molar-refractivity contribution >= 4 is 17.3 Å². The number of piperazine rings is 1. The maximum absolute atomic E-state index is 13.1. The molecule has 0 saturated carbocycles. The Balaban J connectivity index is 1.25. The largest absolute Gasteiger partial charge is 0.371 e.